The highest BCUT2D eigenvalue weighted by Crippen LogP contribution is 2.23. The summed E-state index contributed by atoms with van der Waals surface area (Å²) in [5.41, 5.74) is 1.15. The number of carboxylic acids is 1. The maximum absolute atomic E-state index is 12.6. The summed E-state index contributed by atoms with van der Waals surface area (Å²) in [7, 11) is 1.86. The van der Waals surface area contributed by atoms with Crippen molar-refractivity contribution < 1.29 is 14.7 Å². The van der Waals surface area contributed by atoms with Crippen molar-refractivity contribution >= 4 is 17.7 Å². The first-order valence-corrected chi connectivity index (χ1v) is 9.65. The molecule has 1 aromatic heterocycles. The number of amides is 2. The molecule has 8 nitrogen and oxygen atoms in total. The molecule has 0 atom stereocenters. The van der Waals surface area contributed by atoms with Crippen LogP contribution in [0.25, 0.3) is 0 Å². The maximum atomic E-state index is 12.6. The normalized spacial score (nSPS) is 23.3. The SMILES string of the molecule is CN(CC(=O)O)C1CCC(NC(=O)N2CCN(c3ccncc3)CC2)CC1. The van der Waals surface area contributed by atoms with Crippen LogP contribution in [0.2, 0.25) is 0 Å². The van der Waals surface area contributed by atoms with E-state index in [4.69, 9.17) is 5.11 Å². The Balaban J connectivity index is 1.40. The summed E-state index contributed by atoms with van der Waals surface area (Å²) in [6, 6.07) is 4.49. The Kier molecular flexibility index (Phi) is 6.49. The van der Waals surface area contributed by atoms with E-state index in [9.17, 15) is 9.59 Å². The van der Waals surface area contributed by atoms with E-state index < -0.39 is 5.97 Å². The van der Waals surface area contributed by atoms with Crippen LogP contribution in [-0.4, -0.2) is 83.7 Å². The largest absolute Gasteiger partial charge is 0.480 e. The minimum absolute atomic E-state index is 0.0201. The number of carboxylic acid groups (broad SMARTS) is 1. The van der Waals surface area contributed by atoms with Gasteiger partial charge < -0.3 is 20.2 Å². The number of urea groups is 1. The molecule has 1 aliphatic heterocycles. The van der Waals surface area contributed by atoms with Gasteiger partial charge in [-0.2, -0.15) is 0 Å². The van der Waals surface area contributed by atoms with Crippen molar-refractivity contribution in [2.45, 2.75) is 37.8 Å². The fourth-order valence-electron chi connectivity index (χ4n) is 3.99. The molecule has 8 heteroatoms. The standard InChI is InChI=1S/C19H29N5O3/c1-22(14-18(25)26)16-4-2-15(3-5-16)21-19(27)24-12-10-23(11-13-24)17-6-8-20-9-7-17/h6-9,15-16H,2-5,10-14H2,1H3,(H,21,27)(H,25,26). The van der Waals surface area contributed by atoms with Crippen molar-refractivity contribution in [2.75, 3.05) is 44.7 Å². The quantitative estimate of drug-likeness (QED) is 0.805. The third-order valence-electron chi connectivity index (χ3n) is 5.63. The molecule has 148 valence electrons. The van der Waals surface area contributed by atoms with Crippen molar-refractivity contribution in [3.05, 3.63) is 24.5 Å². The zero-order valence-electron chi connectivity index (χ0n) is 15.9. The number of hydrogen-bond acceptors (Lipinski definition) is 5. The summed E-state index contributed by atoms with van der Waals surface area (Å²) in [5, 5.41) is 12.1. The fourth-order valence-corrected chi connectivity index (χ4v) is 3.99. The Labute approximate surface area is 160 Å². The highest BCUT2D eigenvalue weighted by atomic mass is 16.4. The van der Waals surface area contributed by atoms with Gasteiger partial charge in [0.25, 0.3) is 0 Å². The number of nitrogens with one attached hydrogen (secondary N) is 1. The van der Waals surface area contributed by atoms with E-state index in [1.165, 1.54) is 0 Å². The van der Waals surface area contributed by atoms with Crippen molar-refractivity contribution in [3.63, 3.8) is 0 Å². The van der Waals surface area contributed by atoms with Gasteiger partial charge in [-0.25, -0.2) is 4.79 Å². The van der Waals surface area contributed by atoms with Crippen LogP contribution in [0.4, 0.5) is 10.5 Å². The number of piperazine rings is 1. The smallest absolute Gasteiger partial charge is 0.317 e. The molecule has 1 aliphatic carbocycles. The van der Waals surface area contributed by atoms with Crippen molar-refractivity contribution in [1.29, 1.82) is 0 Å². The Morgan fingerprint density at radius 3 is 2.37 bits per heavy atom. The molecule has 0 aromatic carbocycles. The Morgan fingerprint density at radius 2 is 1.78 bits per heavy atom. The average molecular weight is 375 g/mol. The van der Waals surface area contributed by atoms with Crippen LogP contribution in [0.5, 0.6) is 0 Å². The summed E-state index contributed by atoms with van der Waals surface area (Å²) in [4.78, 5) is 33.5. The molecule has 27 heavy (non-hydrogen) atoms. The second-order valence-corrected chi connectivity index (χ2v) is 7.44. The van der Waals surface area contributed by atoms with E-state index in [1.807, 2.05) is 29.0 Å². The first kappa shape index (κ1) is 19.4. The van der Waals surface area contributed by atoms with Crippen LogP contribution < -0.4 is 10.2 Å². The molecule has 2 heterocycles. The third-order valence-corrected chi connectivity index (χ3v) is 5.63. The Bertz CT molecular complexity index is 625. The highest BCUT2D eigenvalue weighted by Gasteiger charge is 2.28. The lowest BCUT2D eigenvalue weighted by Gasteiger charge is -2.38. The zero-order valence-corrected chi connectivity index (χ0v) is 15.9. The maximum Gasteiger partial charge on any atom is 0.317 e. The van der Waals surface area contributed by atoms with E-state index in [2.05, 4.69) is 15.2 Å². The summed E-state index contributed by atoms with van der Waals surface area (Å²) < 4.78 is 0. The number of anilines is 1. The first-order valence-electron chi connectivity index (χ1n) is 9.65. The predicted molar refractivity (Wildman–Crippen MR) is 103 cm³/mol. The zero-order chi connectivity index (χ0) is 19.2. The summed E-state index contributed by atoms with van der Waals surface area (Å²) >= 11 is 0. The fraction of sp³-hybridized carbons (Fsp3) is 0.632. The second kappa shape index (κ2) is 9.03. The Hall–Kier alpha value is -2.35. The number of carbonyl (C=O) groups is 2. The molecule has 2 aliphatic rings. The molecule has 2 N–H and O–H groups in total. The predicted octanol–water partition coefficient (Wildman–Crippen LogP) is 1.24. The molecule has 2 amide bonds. The van der Waals surface area contributed by atoms with Gasteiger partial charge in [-0.1, -0.05) is 0 Å². The minimum atomic E-state index is -0.793. The van der Waals surface area contributed by atoms with Crippen LogP contribution in [0, 0.1) is 0 Å². The van der Waals surface area contributed by atoms with Crippen LogP contribution in [0.1, 0.15) is 25.7 Å². The number of aliphatic carboxylic acids is 1. The average Bonchev–Trinajstić information content (AvgIpc) is 2.69. The molecule has 2 fully saturated rings. The van der Waals surface area contributed by atoms with Gasteiger partial charge in [-0.3, -0.25) is 14.7 Å². The van der Waals surface area contributed by atoms with E-state index in [0.29, 0.717) is 13.1 Å². The molecular weight excluding hydrogens is 346 g/mol. The molecule has 3 rings (SSSR count). The lowest BCUT2D eigenvalue weighted by molar-refractivity contribution is -0.138. The van der Waals surface area contributed by atoms with Crippen LogP contribution in [-0.2, 0) is 4.79 Å². The summed E-state index contributed by atoms with van der Waals surface area (Å²) in [6.45, 7) is 3.15. The lowest BCUT2D eigenvalue weighted by atomic mass is 9.90. The monoisotopic (exact) mass is 375 g/mol. The van der Waals surface area contributed by atoms with Crippen molar-refractivity contribution in [2.24, 2.45) is 0 Å². The molecule has 1 saturated heterocycles. The summed E-state index contributed by atoms with van der Waals surface area (Å²) in [6.07, 6.45) is 7.22. The van der Waals surface area contributed by atoms with E-state index in [0.717, 1.165) is 44.5 Å². The molecule has 0 unspecified atom stereocenters. The number of pyridine rings is 1. The molecular formula is C19H29N5O3. The van der Waals surface area contributed by atoms with Gasteiger partial charge in [0.05, 0.1) is 6.54 Å². The van der Waals surface area contributed by atoms with E-state index >= 15 is 0 Å². The van der Waals surface area contributed by atoms with E-state index in [1.54, 1.807) is 12.4 Å². The van der Waals surface area contributed by atoms with Gasteiger partial charge in [0.1, 0.15) is 0 Å². The topological polar surface area (TPSA) is 89.0 Å². The van der Waals surface area contributed by atoms with Crippen LogP contribution in [0.15, 0.2) is 24.5 Å². The second-order valence-electron chi connectivity index (χ2n) is 7.44. The van der Waals surface area contributed by atoms with Crippen molar-refractivity contribution in [3.8, 4) is 0 Å². The number of carbonyl (C=O) groups excluding carboxylic acids is 1. The lowest BCUT2D eigenvalue weighted by Crippen LogP contribution is -2.54. The number of likely N-dealkylation sites (N-methyl/N-ethyl adjacent to an activating group) is 1. The van der Waals surface area contributed by atoms with Gasteiger partial charge in [0, 0.05) is 56.3 Å². The summed E-state index contributed by atoms with van der Waals surface area (Å²) in [5.74, 6) is -0.793. The first-order chi connectivity index (χ1) is 13.0. The molecule has 1 aromatic rings. The number of rotatable bonds is 5. The number of hydrogen-bond donors (Lipinski definition) is 2. The number of aromatic nitrogens is 1. The van der Waals surface area contributed by atoms with Crippen molar-refractivity contribution in [1.82, 2.24) is 20.1 Å². The molecule has 0 radical (unpaired) electrons. The van der Waals surface area contributed by atoms with Gasteiger partial charge in [-0.05, 0) is 44.9 Å². The van der Waals surface area contributed by atoms with E-state index in [-0.39, 0.29) is 24.7 Å². The third kappa shape index (κ3) is 5.32. The van der Waals surface area contributed by atoms with Gasteiger partial charge >= 0.3 is 12.0 Å². The van der Waals surface area contributed by atoms with Gasteiger partial charge in [0.15, 0.2) is 0 Å². The number of nitrogens with zero attached hydrogens (tertiary/aromatic N) is 4. The molecule has 0 spiro atoms. The molecule has 1 saturated carbocycles. The highest BCUT2D eigenvalue weighted by molar-refractivity contribution is 5.75. The van der Waals surface area contributed by atoms with Crippen LogP contribution in [0.3, 0.4) is 0 Å². The van der Waals surface area contributed by atoms with Gasteiger partial charge in [0.2, 0.25) is 0 Å². The minimum Gasteiger partial charge on any atom is -0.480 e. The van der Waals surface area contributed by atoms with Gasteiger partial charge in [-0.15, -0.1) is 0 Å². The van der Waals surface area contributed by atoms with Crippen LogP contribution >= 0.6 is 0 Å². The molecule has 0 bridgehead atoms. The Morgan fingerprint density at radius 1 is 1.15 bits per heavy atom.